The van der Waals surface area contributed by atoms with Gasteiger partial charge in [0, 0.05) is 24.9 Å². The lowest BCUT2D eigenvalue weighted by Crippen LogP contribution is -2.54. The molecule has 178 valence electrons. The van der Waals surface area contributed by atoms with Crippen molar-refractivity contribution in [2.75, 3.05) is 0 Å². The minimum Gasteiger partial charge on any atom is -0.350 e. The van der Waals surface area contributed by atoms with Crippen LogP contribution in [0.4, 0.5) is 0 Å². The van der Waals surface area contributed by atoms with Crippen molar-refractivity contribution in [2.45, 2.75) is 65.1 Å². The first-order valence-corrected chi connectivity index (χ1v) is 12.0. The number of aryl methyl sites for hydroxylation is 2. The maximum atomic E-state index is 13.6. The van der Waals surface area contributed by atoms with Crippen molar-refractivity contribution in [3.8, 4) is 0 Å². The molecule has 0 fully saturated rings. The third-order valence-corrected chi connectivity index (χ3v) is 5.71. The predicted octanol–water partition coefficient (Wildman–Crippen LogP) is 5.48. The number of nitrogens with zero attached hydrogens (tertiary/aromatic N) is 1. The Balaban J connectivity index is 1.91. The van der Waals surface area contributed by atoms with Gasteiger partial charge in [-0.15, -0.1) is 0 Å². The molecule has 0 aromatic heterocycles. The van der Waals surface area contributed by atoms with Gasteiger partial charge >= 0.3 is 0 Å². The van der Waals surface area contributed by atoms with E-state index in [0.29, 0.717) is 25.8 Å². The number of hydrogen-bond acceptors (Lipinski definition) is 2. The van der Waals surface area contributed by atoms with Crippen molar-refractivity contribution in [3.63, 3.8) is 0 Å². The van der Waals surface area contributed by atoms with E-state index in [1.165, 1.54) is 0 Å². The SMILES string of the molecule is Cc1ccc(CN(C(=O)CCc2ccccc2)C(Cc2ccccc2)C(=O)NC(C)(C)C)cc1. The second-order valence-electron chi connectivity index (χ2n) is 9.94. The van der Waals surface area contributed by atoms with E-state index < -0.39 is 11.6 Å². The van der Waals surface area contributed by atoms with Gasteiger partial charge in [0.15, 0.2) is 0 Å². The number of hydrogen-bond donors (Lipinski definition) is 1. The first kappa shape index (κ1) is 25.2. The van der Waals surface area contributed by atoms with E-state index in [0.717, 1.165) is 22.3 Å². The Morgan fingerprint density at radius 2 is 1.35 bits per heavy atom. The third-order valence-electron chi connectivity index (χ3n) is 5.71. The zero-order valence-electron chi connectivity index (χ0n) is 20.8. The van der Waals surface area contributed by atoms with Crippen molar-refractivity contribution >= 4 is 11.8 Å². The Bertz CT molecular complexity index is 1050. The summed E-state index contributed by atoms with van der Waals surface area (Å²) in [6, 6.07) is 27.5. The second-order valence-corrected chi connectivity index (χ2v) is 9.94. The van der Waals surface area contributed by atoms with Gasteiger partial charge in [-0.3, -0.25) is 9.59 Å². The summed E-state index contributed by atoms with van der Waals surface area (Å²) in [5, 5.41) is 3.11. The van der Waals surface area contributed by atoms with E-state index in [2.05, 4.69) is 5.32 Å². The lowest BCUT2D eigenvalue weighted by Gasteiger charge is -2.34. The van der Waals surface area contributed by atoms with Crippen LogP contribution in [0.5, 0.6) is 0 Å². The molecule has 1 unspecified atom stereocenters. The molecule has 4 nitrogen and oxygen atoms in total. The van der Waals surface area contributed by atoms with E-state index in [4.69, 9.17) is 0 Å². The van der Waals surface area contributed by atoms with E-state index >= 15 is 0 Å². The van der Waals surface area contributed by atoms with Crippen LogP contribution in [0.15, 0.2) is 84.9 Å². The van der Waals surface area contributed by atoms with Gasteiger partial charge in [-0.1, -0.05) is 90.5 Å². The topological polar surface area (TPSA) is 49.4 Å². The Morgan fingerprint density at radius 3 is 1.91 bits per heavy atom. The molecule has 34 heavy (non-hydrogen) atoms. The van der Waals surface area contributed by atoms with Gasteiger partial charge in [-0.2, -0.15) is 0 Å². The molecule has 0 radical (unpaired) electrons. The smallest absolute Gasteiger partial charge is 0.243 e. The molecule has 0 heterocycles. The summed E-state index contributed by atoms with van der Waals surface area (Å²) in [5.74, 6) is -0.147. The highest BCUT2D eigenvalue weighted by Gasteiger charge is 2.32. The fraction of sp³-hybridized carbons (Fsp3) is 0.333. The highest BCUT2D eigenvalue weighted by atomic mass is 16.2. The molecule has 0 aliphatic heterocycles. The third kappa shape index (κ3) is 7.87. The van der Waals surface area contributed by atoms with Crippen LogP contribution in [-0.2, 0) is 29.0 Å². The number of rotatable bonds is 9. The Morgan fingerprint density at radius 1 is 0.794 bits per heavy atom. The molecule has 3 aromatic rings. The minimum absolute atomic E-state index is 0.0191. The predicted molar refractivity (Wildman–Crippen MR) is 138 cm³/mol. The van der Waals surface area contributed by atoms with Crippen molar-refractivity contribution in [2.24, 2.45) is 0 Å². The summed E-state index contributed by atoms with van der Waals surface area (Å²) < 4.78 is 0. The molecule has 0 spiro atoms. The minimum atomic E-state index is -0.605. The van der Waals surface area contributed by atoms with Crippen LogP contribution in [0.2, 0.25) is 0 Å². The summed E-state index contributed by atoms with van der Waals surface area (Å²) in [5.41, 5.74) is 3.93. The average Bonchev–Trinajstić information content (AvgIpc) is 2.81. The standard InChI is InChI=1S/C30H36N2O2/c1-23-15-17-26(18-16-23)22-32(28(33)20-19-24-11-7-5-8-12-24)27(29(34)31-30(2,3)4)21-25-13-9-6-10-14-25/h5-18,27H,19-22H2,1-4H3,(H,31,34). The van der Waals surface area contributed by atoms with E-state index in [-0.39, 0.29) is 11.8 Å². The van der Waals surface area contributed by atoms with Crippen LogP contribution in [0.3, 0.4) is 0 Å². The molecule has 3 rings (SSSR count). The monoisotopic (exact) mass is 456 g/mol. The van der Waals surface area contributed by atoms with Crippen LogP contribution >= 0.6 is 0 Å². The molecular weight excluding hydrogens is 420 g/mol. The molecule has 4 heteroatoms. The van der Waals surface area contributed by atoms with Gasteiger partial charge in [-0.25, -0.2) is 0 Å². The summed E-state index contributed by atoms with van der Waals surface area (Å²) in [6.07, 6.45) is 1.46. The van der Waals surface area contributed by atoms with Gasteiger partial charge in [0.1, 0.15) is 6.04 Å². The lowest BCUT2D eigenvalue weighted by molar-refractivity contribution is -0.141. The van der Waals surface area contributed by atoms with E-state index in [1.54, 1.807) is 4.90 Å². The van der Waals surface area contributed by atoms with Crippen LogP contribution < -0.4 is 5.32 Å². The largest absolute Gasteiger partial charge is 0.350 e. The molecule has 0 saturated carbocycles. The molecule has 1 atom stereocenters. The zero-order valence-corrected chi connectivity index (χ0v) is 20.8. The van der Waals surface area contributed by atoms with Gasteiger partial charge < -0.3 is 10.2 Å². The van der Waals surface area contributed by atoms with E-state index in [9.17, 15) is 9.59 Å². The fourth-order valence-electron chi connectivity index (χ4n) is 3.94. The van der Waals surface area contributed by atoms with Crippen molar-refractivity contribution in [1.29, 1.82) is 0 Å². The van der Waals surface area contributed by atoms with Gasteiger partial charge in [0.2, 0.25) is 11.8 Å². The van der Waals surface area contributed by atoms with Gasteiger partial charge in [0.25, 0.3) is 0 Å². The Labute approximate surface area is 204 Å². The van der Waals surface area contributed by atoms with Gasteiger partial charge in [0.05, 0.1) is 0 Å². The lowest BCUT2D eigenvalue weighted by atomic mass is 9.99. The van der Waals surface area contributed by atoms with Crippen molar-refractivity contribution in [3.05, 3.63) is 107 Å². The van der Waals surface area contributed by atoms with Gasteiger partial charge in [-0.05, 0) is 50.8 Å². The Hall–Kier alpha value is -3.40. The number of nitrogens with one attached hydrogen (secondary N) is 1. The van der Waals surface area contributed by atoms with Crippen LogP contribution in [0, 0.1) is 6.92 Å². The summed E-state index contributed by atoms with van der Waals surface area (Å²) >= 11 is 0. The molecule has 2 amide bonds. The summed E-state index contributed by atoms with van der Waals surface area (Å²) in [4.78, 5) is 28.9. The fourth-order valence-corrected chi connectivity index (χ4v) is 3.94. The maximum absolute atomic E-state index is 13.6. The second kappa shape index (κ2) is 11.6. The van der Waals surface area contributed by atoms with Crippen LogP contribution in [-0.4, -0.2) is 28.3 Å². The zero-order chi connectivity index (χ0) is 24.6. The molecule has 0 aliphatic rings. The first-order valence-electron chi connectivity index (χ1n) is 12.0. The number of amides is 2. The van der Waals surface area contributed by atoms with Crippen molar-refractivity contribution < 1.29 is 9.59 Å². The molecule has 0 bridgehead atoms. The van der Waals surface area contributed by atoms with Crippen LogP contribution in [0.25, 0.3) is 0 Å². The quantitative estimate of drug-likeness (QED) is 0.463. The molecule has 0 saturated heterocycles. The highest BCUT2D eigenvalue weighted by molar-refractivity contribution is 5.88. The van der Waals surface area contributed by atoms with E-state index in [1.807, 2.05) is 113 Å². The average molecular weight is 457 g/mol. The number of carbonyl (C=O) groups excluding carboxylic acids is 2. The summed E-state index contributed by atoms with van der Waals surface area (Å²) in [6.45, 7) is 8.33. The summed E-state index contributed by atoms with van der Waals surface area (Å²) in [7, 11) is 0. The highest BCUT2D eigenvalue weighted by Crippen LogP contribution is 2.18. The number of carbonyl (C=O) groups is 2. The first-order chi connectivity index (χ1) is 16.2. The van der Waals surface area contributed by atoms with Crippen molar-refractivity contribution in [1.82, 2.24) is 10.2 Å². The Kier molecular flexibility index (Phi) is 8.64. The molecular formula is C30H36N2O2. The molecule has 3 aromatic carbocycles. The number of benzene rings is 3. The maximum Gasteiger partial charge on any atom is 0.243 e. The molecule has 0 aliphatic carbocycles. The molecule has 1 N–H and O–H groups in total. The van der Waals surface area contributed by atoms with Crippen LogP contribution in [0.1, 0.15) is 49.4 Å². The normalized spacial score (nSPS) is 12.1.